The predicted octanol–water partition coefficient (Wildman–Crippen LogP) is 2.29. The molecule has 0 saturated heterocycles. The number of phenolic OH excluding ortho intramolecular Hbond substituents is 4. The van der Waals surface area contributed by atoms with E-state index in [1.54, 1.807) is 0 Å². The summed E-state index contributed by atoms with van der Waals surface area (Å²) in [5, 5.41) is 38.8. The van der Waals surface area contributed by atoms with Crippen LogP contribution in [0.5, 0.6) is 28.7 Å². The minimum Gasteiger partial charge on any atom is -0.508 e. The van der Waals surface area contributed by atoms with E-state index in [1.807, 2.05) is 0 Å². The molecule has 0 amide bonds. The summed E-state index contributed by atoms with van der Waals surface area (Å²) in [6, 6.07) is 5.84. The zero-order chi connectivity index (χ0) is 16.7. The van der Waals surface area contributed by atoms with Gasteiger partial charge in [0.15, 0.2) is 16.9 Å². The standard InChI is InChI=1S/C16H12O7/c1-22-16-11(20)2-7(3-12(16)21)13-6-10(19)15-9(18)4-8(17)5-14(15)23-13/h2-6,17-18,20-21H,1H3. The summed E-state index contributed by atoms with van der Waals surface area (Å²) in [6.45, 7) is 0. The van der Waals surface area contributed by atoms with Crippen molar-refractivity contribution >= 4 is 11.0 Å². The van der Waals surface area contributed by atoms with Crippen LogP contribution in [-0.4, -0.2) is 27.5 Å². The second-order valence-electron chi connectivity index (χ2n) is 4.86. The van der Waals surface area contributed by atoms with Gasteiger partial charge in [-0.1, -0.05) is 0 Å². The molecule has 0 aliphatic rings. The van der Waals surface area contributed by atoms with Crippen molar-refractivity contribution in [2.24, 2.45) is 0 Å². The highest BCUT2D eigenvalue weighted by Gasteiger charge is 2.16. The third-order valence-corrected chi connectivity index (χ3v) is 3.33. The SMILES string of the molecule is COc1c(O)cc(-c2cc(=O)c3c(O)cc(O)cc3o2)cc1O. The molecule has 1 heterocycles. The molecule has 7 heteroatoms. The summed E-state index contributed by atoms with van der Waals surface area (Å²) >= 11 is 0. The highest BCUT2D eigenvalue weighted by molar-refractivity contribution is 5.86. The van der Waals surface area contributed by atoms with Crippen LogP contribution in [0.25, 0.3) is 22.3 Å². The lowest BCUT2D eigenvalue weighted by molar-refractivity contribution is 0.345. The van der Waals surface area contributed by atoms with Crippen LogP contribution in [0.15, 0.2) is 39.5 Å². The summed E-state index contributed by atoms with van der Waals surface area (Å²) < 4.78 is 10.3. The van der Waals surface area contributed by atoms with Gasteiger partial charge in [-0.15, -0.1) is 0 Å². The molecule has 0 saturated carbocycles. The van der Waals surface area contributed by atoms with E-state index in [9.17, 15) is 25.2 Å². The van der Waals surface area contributed by atoms with E-state index in [2.05, 4.69) is 0 Å². The van der Waals surface area contributed by atoms with Crippen molar-refractivity contribution in [3.8, 4) is 40.1 Å². The molecule has 0 atom stereocenters. The fraction of sp³-hybridized carbons (Fsp3) is 0.0625. The quantitative estimate of drug-likeness (QED) is 0.572. The third kappa shape index (κ3) is 2.38. The van der Waals surface area contributed by atoms with Gasteiger partial charge in [0.2, 0.25) is 5.75 Å². The number of fused-ring (bicyclic) bond motifs is 1. The third-order valence-electron chi connectivity index (χ3n) is 3.33. The summed E-state index contributed by atoms with van der Waals surface area (Å²) in [6.07, 6.45) is 0. The van der Waals surface area contributed by atoms with Gasteiger partial charge in [0.1, 0.15) is 28.2 Å². The maximum Gasteiger partial charge on any atom is 0.202 e. The van der Waals surface area contributed by atoms with Crippen molar-refractivity contribution in [1.29, 1.82) is 0 Å². The van der Waals surface area contributed by atoms with Crippen molar-refractivity contribution < 1.29 is 29.6 Å². The van der Waals surface area contributed by atoms with Gasteiger partial charge >= 0.3 is 0 Å². The van der Waals surface area contributed by atoms with Crippen molar-refractivity contribution in [3.05, 3.63) is 40.6 Å². The lowest BCUT2D eigenvalue weighted by atomic mass is 10.1. The van der Waals surface area contributed by atoms with Gasteiger partial charge in [-0.25, -0.2) is 0 Å². The van der Waals surface area contributed by atoms with E-state index in [0.29, 0.717) is 0 Å². The van der Waals surface area contributed by atoms with Crippen LogP contribution in [0.1, 0.15) is 0 Å². The summed E-state index contributed by atoms with van der Waals surface area (Å²) in [4.78, 5) is 12.1. The molecule has 3 rings (SSSR count). The Kier molecular flexibility index (Phi) is 3.25. The minimum absolute atomic E-state index is 0.0280. The Labute approximate surface area is 129 Å². The minimum atomic E-state index is -0.534. The van der Waals surface area contributed by atoms with Crippen LogP contribution in [0, 0.1) is 0 Å². The van der Waals surface area contributed by atoms with Gasteiger partial charge in [-0.2, -0.15) is 0 Å². The Bertz CT molecular complexity index is 949. The molecule has 3 aromatic rings. The molecule has 0 unspecified atom stereocenters. The Hall–Kier alpha value is -3.35. The van der Waals surface area contributed by atoms with Gasteiger partial charge in [-0.05, 0) is 12.1 Å². The molecule has 0 radical (unpaired) electrons. The molecular weight excluding hydrogens is 304 g/mol. The molecule has 4 N–H and O–H groups in total. The molecule has 0 aliphatic heterocycles. The van der Waals surface area contributed by atoms with Gasteiger partial charge in [0, 0.05) is 23.8 Å². The molecular formula is C16H12O7. The first-order valence-electron chi connectivity index (χ1n) is 6.51. The Morgan fingerprint density at radius 3 is 2.17 bits per heavy atom. The monoisotopic (exact) mass is 316 g/mol. The Balaban J connectivity index is 2.28. The van der Waals surface area contributed by atoms with Gasteiger partial charge < -0.3 is 29.6 Å². The number of rotatable bonds is 2. The van der Waals surface area contributed by atoms with Crippen LogP contribution >= 0.6 is 0 Å². The number of aromatic hydroxyl groups is 4. The zero-order valence-corrected chi connectivity index (χ0v) is 11.9. The molecule has 7 nitrogen and oxygen atoms in total. The molecule has 23 heavy (non-hydrogen) atoms. The number of phenols is 4. The zero-order valence-electron chi connectivity index (χ0n) is 11.9. The maximum absolute atomic E-state index is 12.1. The average molecular weight is 316 g/mol. The normalized spacial score (nSPS) is 10.8. The van der Waals surface area contributed by atoms with E-state index in [4.69, 9.17) is 9.15 Å². The summed E-state index contributed by atoms with van der Waals surface area (Å²) in [5.74, 6) is -1.39. The van der Waals surface area contributed by atoms with E-state index < -0.39 is 11.2 Å². The largest absolute Gasteiger partial charge is 0.508 e. The van der Waals surface area contributed by atoms with Crippen molar-refractivity contribution in [3.63, 3.8) is 0 Å². The molecule has 0 spiro atoms. The first kappa shape index (κ1) is 14.6. The second-order valence-corrected chi connectivity index (χ2v) is 4.86. The first-order valence-corrected chi connectivity index (χ1v) is 6.51. The second kappa shape index (κ2) is 5.13. The van der Waals surface area contributed by atoms with E-state index >= 15 is 0 Å². The number of methoxy groups -OCH3 is 1. The average Bonchev–Trinajstić information content (AvgIpc) is 2.45. The van der Waals surface area contributed by atoms with Crippen molar-refractivity contribution in [1.82, 2.24) is 0 Å². The van der Waals surface area contributed by atoms with E-state index in [0.717, 1.165) is 12.1 Å². The van der Waals surface area contributed by atoms with Crippen LogP contribution in [-0.2, 0) is 0 Å². The smallest absolute Gasteiger partial charge is 0.202 e. The van der Waals surface area contributed by atoms with Crippen molar-refractivity contribution in [2.45, 2.75) is 0 Å². The van der Waals surface area contributed by atoms with Crippen LogP contribution in [0.4, 0.5) is 0 Å². The highest BCUT2D eigenvalue weighted by Crippen LogP contribution is 2.40. The van der Waals surface area contributed by atoms with Crippen LogP contribution < -0.4 is 10.2 Å². The highest BCUT2D eigenvalue weighted by atomic mass is 16.5. The van der Waals surface area contributed by atoms with Gasteiger partial charge in [0.25, 0.3) is 0 Å². The molecule has 0 aliphatic carbocycles. The van der Waals surface area contributed by atoms with Crippen LogP contribution in [0.2, 0.25) is 0 Å². The van der Waals surface area contributed by atoms with Crippen LogP contribution in [0.3, 0.4) is 0 Å². The Morgan fingerprint density at radius 1 is 0.913 bits per heavy atom. The number of hydrogen-bond donors (Lipinski definition) is 4. The number of hydrogen-bond acceptors (Lipinski definition) is 7. The lowest BCUT2D eigenvalue weighted by Gasteiger charge is -2.09. The topological polar surface area (TPSA) is 120 Å². The van der Waals surface area contributed by atoms with E-state index in [-0.39, 0.29) is 45.3 Å². The predicted molar refractivity (Wildman–Crippen MR) is 81.1 cm³/mol. The molecule has 118 valence electrons. The maximum atomic E-state index is 12.1. The molecule has 1 aromatic heterocycles. The first-order chi connectivity index (χ1) is 10.9. The molecule has 0 fully saturated rings. The number of ether oxygens (including phenoxy) is 1. The fourth-order valence-corrected chi connectivity index (χ4v) is 2.35. The summed E-state index contributed by atoms with van der Waals surface area (Å²) in [5.41, 5.74) is -0.337. The Morgan fingerprint density at radius 2 is 1.57 bits per heavy atom. The van der Waals surface area contributed by atoms with E-state index in [1.165, 1.54) is 25.3 Å². The lowest BCUT2D eigenvalue weighted by Crippen LogP contribution is -2.00. The fourth-order valence-electron chi connectivity index (χ4n) is 2.35. The van der Waals surface area contributed by atoms with Gasteiger partial charge in [0.05, 0.1) is 7.11 Å². The molecule has 2 aromatic carbocycles. The van der Waals surface area contributed by atoms with Gasteiger partial charge in [-0.3, -0.25) is 4.79 Å². The summed E-state index contributed by atoms with van der Waals surface area (Å²) in [7, 11) is 1.29. The number of benzene rings is 2. The molecule has 0 bridgehead atoms. The van der Waals surface area contributed by atoms with Crippen molar-refractivity contribution in [2.75, 3.05) is 7.11 Å².